The summed E-state index contributed by atoms with van der Waals surface area (Å²) >= 11 is 0. The highest BCUT2D eigenvalue weighted by Gasteiger charge is 2.52. The van der Waals surface area contributed by atoms with Crippen LogP contribution in [-0.4, -0.2) is 27.3 Å². The molecule has 0 saturated heterocycles. The molecule has 0 aliphatic carbocycles. The average molecular weight is 252 g/mol. The van der Waals surface area contributed by atoms with E-state index in [1.807, 2.05) is 18.2 Å². The first-order valence-corrected chi connectivity index (χ1v) is 6.37. The van der Waals surface area contributed by atoms with E-state index in [2.05, 4.69) is 26.0 Å². The SMILES string of the molecule is CCC(CC)(c1ccccc1)C(OC)(OC)OC. The molecule has 0 atom stereocenters. The van der Waals surface area contributed by atoms with Crippen molar-refractivity contribution in [3.05, 3.63) is 35.9 Å². The molecule has 0 spiro atoms. The Balaban J connectivity index is 3.38. The van der Waals surface area contributed by atoms with Gasteiger partial charge in [-0.25, -0.2) is 0 Å². The molecule has 1 aromatic carbocycles. The zero-order chi connectivity index (χ0) is 13.6. The standard InChI is InChI=1S/C15H24O3/c1-6-14(7-2,13-11-9-8-10-12-13)15(16-3,17-4)18-5/h8-12H,6-7H2,1-5H3. The van der Waals surface area contributed by atoms with Crippen LogP contribution in [-0.2, 0) is 19.6 Å². The van der Waals surface area contributed by atoms with Crippen LogP contribution in [0.2, 0.25) is 0 Å². The first-order chi connectivity index (χ1) is 8.66. The Kier molecular flexibility index (Phi) is 5.32. The summed E-state index contributed by atoms with van der Waals surface area (Å²) in [6.07, 6.45) is 1.73. The highest BCUT2D eigenvalue weighted by Crippen LogP contribution is 2.44. The van der Waals surface area contributed by atoms with Crippen molar-refractivity contribution in [3.63, 3.8) is 0 Å². The van der Waals surface area contributed by atoms with Crippen LogP contribution >= 0.6 is 0 Å². The van der Waals surface area contributed by atoms with E-state index in [1.54, 1.807) is 21.3 Å². The lowest BCUT2D eigenvalue weighted by atomic mass is 9.73. The van der Waals surface area contributed by atoms with Crippen LogP contribution < -0.4 is 0 Å². The van der Waals surface area contributed by atoms with Crippen LogP contribution in [0.1, 0.15) is 32.3 Å². The zero-order valence-electron chi connectivity index (χ0n) is 12.0. The minimum Gasteiger partial charge on any atom is -0.330 e. The van der Waals surface area contributed by atoms with Crippen molar-refractivity contribution in [1.82, 2.24) is 0 Å². The molecule has 18 heavy (non-hydrogen) atoms. The Hall–Kier alpha value is -0.900. The third-order valence-corrected chi connectivity index (χ3v) is 3.93. The van der Waals surface area contributed by atoms with Crippen molar-refractivity contribution in [1.29, 1.82) is 0 Å². The Bertz CT molecular complexity index is 332. The number of ether oxygens (including phenoxy) is 3. The van der Waals surface area contributed by atoms with E-state index in [-0.39, 0.29) is 5.41 Å². The van der Waals surface area contributed by atoms with Gasteiger partial charge in [0.1, 0.15) is 0 Å². The number of benzene rings is 1. The molecule has 0 aromatic heterocycles. The molecular weight excluding hydrogens is 228 g/mol. The minimum atomic E-state index is -1.06. The Labute approximate surface area is 110 Å². The van der Waals surface area contributed by atoms with Crippen LogP contribution in [0.25, 0.3) is 0 Å². The molecular formula is C15H24O3. The summed E-state index contributed by atoms with van der Waals surface area (Å²) in [6.45, 7) is 4.25. The third kappa shape index (κ3) is 2.18. The van der Waals surface area contributed by atoms with Gasteiger partial charge in [0.15, 0.2) is 0 Å². The van der Waals surface area contributed by atoms with E-state index < -0.39 is 5.97 Å². The Morgan fingerprint density at radius 3 is 1.61 bits per heavy atom. The predicted octanol–water partition coefficient (Wildman–Crippen LogP) is 3.34. The van der Waals surface area contributed by atoms with Crippen LogP contribution in [0.4, 0.5) is 0 Å². The smallest absolute Gasteiger partial charge is 0.292 e. The predicted molar refractivity (Wildman–Crippen MR) is 72.5 cm³/mol. The number of hydrogen-bond donors (Lipinski definition) is 0. The van der Waals surface area contributed by atoms with Gasteiger partial charge < -0.3 is 14.2 Å². The maximum Gasteiger partial charge on any atom is 0.292 e. The highest BCUT2D eigenvalue weighted by atomic mass is 16.9. The van der Waals surface area contributed by atoms with Gasteiger partial charge in [0.2, 0.25) is 0 Å². The van der Waals surface area contributed by atoms with Crippen LogP contribution in [0, 0.1) is 0 Å². The molecule has 0 fully saturated rings. The summed E-state index contributed by atoms with van der Waals surface area (Å²) in [4.78, 5) is 0. The fraction of sp³-hybridized carbons (Fsp3) is 0.600. The summed E-state index contributed by atoms with van der Waals surface area (Å²) in [5.41, 5.74) is 0.840. The van der Waals surface area contributed by atoms with Crippen LogP contribution in [0.5, 0.6) is 0 Å². The van der Waals surface area contributed by atoms with E-state index in [9.17, 15) is 0 Å². The molecule has 0 N–H and O–H groups in total. The van der Waals surface area contributed by atoms with Crippen molar-refractivity contribution in [3.8, 4) is 0 Å². The molecule has 0 aliphatic rings. The average Bonchev–Trinajstić information content (AvgIpc) is 2.46. The van der Waals surface area contributed by atoms with Gasteiger partial charge in [-0.3, -0.25) is 0 Å². The van der Waals surface area contributed by atoms with E-state index in [1.165, 1.54) is 5.56 Å². The molecule has 1 rings (SSSR count). The van der Waals surface area contributed by atoms with Gasteiger partial charge in [-0.05, 0) is 18.4 Å². The summed E-state index contributed by atoms with van der Waals surface area (Å²) in [5.74, 6) is -1.06. The summed E-state index contributed by atoms with van der Waals surface area (Å²) in [5, 5.41) is 0. The van der Waals surface area contributed by atoms with Gasteiger partial charge in [0, 0.05) is 21.3 Å². The molecule has 0 unspecified atom stereocenters. The van der Waals surface area contributed by atoms with Crippen molar-refractivity contribution in [2.24, 2.45) is 0 Å². The Morgan fingerprint density at radius 2 is 1.28 bits per heavy atom. The second-order valence-corrected chi connectivity index (χ2v) is 4.32. The first kappa shape index (κ1) is 15.2. The lowest BCUT2D eigenvalue weighted by molar-refractivity contribution is -0.388. The number of rotatable bonds is 7. The maximum atomic E-state index is 5.59. The van der Waals surface area contributed by atoms with E-state index in [0.29, 0.717) is 0 Å². The molecule has 3 heteroatoms. The fourth-order valence-electron chi connectivity index (χ4n) is 2.86. The molecule has 0 saturated carbocycles. The fourth-order valence-corrected chi connectivity index (χ4v) is 2.86. The van der Waals surface area contributed by atoms with Gasteiger partial charge in [-0.2, -0.15) is 0 Å². The van der Waals surface area contributed by atoms with E-state index >= 15 is 0 Å². The lowest BCUT2D eigenvalue weighted by Gasteiger charge is -2.46. The minimum absolute atomic E-state index is 0.327. The molecule has 1 aromatic rings. The van der Waals surface area contributed by atoms with Gasteiger partial charge in [0.25, 0.3) is 5.97 Å². The van der Waals surface area contributed by atoms with Crippen molar-refractivity contribution >= 4 is 0 Å². The van der Waals surface area contributed by atoms with E-state index in [0.717, 1.165) is 12.8 Å². The topological polar surface area (TPSA) is 27.7 Å². The van der Waals surface area contributed by atoms with Crippen molar-refractivity contribution in [2.75, 3.05) is 21.3 Å². The van der Waals surface area contributed by atoms with Gasteiger partial charge in [-0.15, -0.1) is 0 Å². The van der Waals surface area contributed by atoms with E-state index in [4.69, 9.17) is 14.2 Å². The monoisotopic (exact) mass is 252 g/mol. The Morgan fingerprint density at radius 1 is 0.833 bits per heavy atom. The lowest BCUT2D eigenvalue weighted by Crippen LogP contribution is -2.55. The normalized spacial score (nSPS) is 12.7. The molecule has 0 amide bonds. The molecule has 3 nitrogen and oxygen atoms in total. The maximum absolute atomic E-state index is 5.59. The van der Waals surface area contributed by atoms with Crippen LogP contribution in [0.3, 0.4) is 0 Å². The highest BCUT2D eigenvalue weighted by molar-refractivity contribution is 5.27. The number of hydrogen-bond acceptors (Lipinski definition) is 3. The third-order valence-electron chi connectivity index (χ3n) is 3.93. The molecule has 102 valence electrons. The van der Waals surface area contributed by atoms with Gasteiger partial charge in [0.05, 0.1) is 5.41 Å². The molecule has 0 aliphatic heterocycles. The summed E-state index contributed by atoms with van der Waals surface area (Å²) in [6, 6.07) is 10.3. The second-order valence-electron chi connectivity index (χ2n) is 4.32. The summed E-state index contributed by atoms with van der Waals surface area (Å²) in [7, 11) is 4.86. The zero-order valence-corrected chi connectivity index (χ0v) is 12.0. The van der Waals surface area contributed by atoms with Crippen molar-refractivity contribution < 1.29 is 14.2 Å². The van der Waals surface area contributed by atoms with Crippen LogP contribution in [0.15, 0.2) is 30.3 Å². The summed E-state index contributed by atoms with van der Waals surface area (Å²) < 4.78 is 16.8. The van der Waals surface area contributed by atoms with Crippen molar-refractivity contribution in [2.45, 2.75) is 38.1 Å². The van der Waals surface area contributed by atoms with Gasteiger partial charge in [-0.1, -0.05) is 44.2 Å². The molecule has 0 bridgehead atoms. The van der Waals surface area contributed by atoms with Gasteiger partial charge >= 0.3 is 0 Å². The first-order valence-electron chi connectivity index (χ1n) is 6.37. The molecule has 0 heterocycles. The quantitative estimate of drug-likeness (QED) is 0.697. The second kappa shape index (κ2) is 6.32. The largest absolute Gasteiger partial charge is 0.330 e. The number of methoxy groups -OCH3 is 3. The molecule has 0 radical (unpaired) electrons.